The molecule has 6 rings (SSSR count). The lowest BCUT2D eigenvalue weighted by atomic mass is 9.93. The van der Waals surface area contributed by atoms with Gasteiger partial charge in [-0.05, 0) is 11.8 Å². The Hall–Kier alpha value is -3.68. The van der Waals surface area contributed by atoms with Crippen LogP contribution in [0.25, 0.3) is 22.3 Å². The summed E-state index contributed by atoms with van der Waals surface area (Å²) in [6.07, 6.45) is 3.38. The lowest BCUT2D eigenvalue weighted by Gasteiger charge is -2.36. The zero-order chi connectivity index (χ0) is 31.7. The number of hydrogen-bond acceptors (Lipinski definition) is 16. The van der Waals surface area contributed by atoms with E-state index in [1.165, 1.54) is 0 Å². The smallest absolute Gasteiger partial charge is 0.327 e. The van der Waals surface area contributed by atoms with E-state index in [1.54, 1.807) is 0 Å². The van der Waals surface area contributed by atoms with Crippen LogP contribution >= 0.6 is 6.72 Å². The van der Waals surface area contributed by atoms with Crippen molar-refractivity contribution >= 4 is 52.6 Å². The fraction of sp³-hybridized carbons (Fsp3) is 0.455. The average Bonchev–Trinajstić information content (AvgIpc) is 3.74. The standard InChI is InChI=1S/C22H24FN10O9PS/c1-2-20(18(36)21(37,5-40-20)32-8-28-11-14(24)26-7-27-15(11)32)4-41-43(38,44)42-22(6-39-10(3-34)13(22)23)33-9-29-12-16(33)30-19(25)31-17(12)35/h1,7-10,13,18,34,36-37H,3-6H2,(H,38,44)(H2,24,26,27)(H3,25,30,31,35)/t10-,13+,18-,20-,21+,22+,43?/m1/s1. The molecule has 44 heavy (non-hydrogen) atoms. The number of H-pyrrole nitrogens is 1. The number of nitrogen functional groups attached to an aromatic ring is 2. The molecule has 0 aromatic carbocycles. The Kier molecular flexibility index (Phi) is 7.21. The number of nitrogens with one attached hydrogen (secondary N) is 1. The van der Waals surface area contributed by atoms with Gasteiger partial charge in [-0.2, -0.15) is 4.98 Å². The molecule has 9 N–H and O–H groups in total. The SMILES string of the molecule is C#C[C@]1(COP(O)(=S)O[C@@]2(n3cnc4c(=O)[nH]c(N)nc43)CO[C@H](CO)[C@@H]2F)OC[C@@](O)(n2cnc3c(N)ncnc32)[C@@H]1O. The highest BCUT2D eigenvalue weighted by Gasteiger charge is 2.61. The van der Waals surface area contributed by atoms with E-state index in [2.05, 4.69) is 35.8 Å². The summed E-state index contributed by atoms with van der Waals surface area (Å²) < 4.78 is 40.1. The van der Waals surface area contributed by atoms with Crippen LogP contribution < -0.4 is 17.0 Å². The van der Waals surface area contributed by atoms with Crippen LogP contribution in [-0.4, -0.2) is 110 Å². The van der Waals surface area contributed by atoms with E-state index in [4.69, 9.17) is 48.2 Å². The van der Waals surface area contributed by atoms with Crippen LogP contribution in [0, 0.1) is 12.3 Å². The fourth-order valence-electron chi connectivity index (χ4n) is 5.14. The van der Waals surface area contributed by atoms with Gasteiger partial charge in [-0.1, -0.05) is 5.92 Å². The van der Waals surface area contributed by atoms with Gasteiger partial charge in [0.05, 0.1) is 39.1 Å². The molecule has 7 atom stereocenters. The van der Waals surface area contributed by atoms with Crippen molar-refractivity contribution < 1.29 is 43.1 Å². The number of aromatic nitrogens is 8. The molecule has 22 heteroatoms. The van der Waals surface area contributed by atoms with Crippen LogP contribution in [0.3, 0.4) is 0 Å². The van der Waals surface area contributed by atoms with Crippen molar-refractivity contribution in [2.75, 3.05) is 37.9 Å². The van der Waals surface area contributed by atoms with Gasteiger partial charge in [0.15, 0.2) is 40.1 Å². The number of imidazole rings is 2. The number of aliphatic hydroxyl groups is 3. The molecule has 0 amide bonds. The number of terminal acetylenes is 1. The Morgan fingerprint density at radius 1 is 1.23 bits per heavy atom. The number of anilines is 2. The van der Waals surface area contributed by atoms with Crippen LogP contribution in [0.4, 0.5) is 16.2 Å². The van der Waals surface area contributed by atoms with Crippen molar-refractivity contribution in [1.82, 2.24) is 39.0 Å². The fourth-order valence-corrected chi connectivity index (χ4v) is 6.74. The maximum atomic E-state index is 15.9. The van der Waals surface area contributed by atoms with E-state index >= 15 is 4.39 Å². The van der Waals surface area contributed by atoms with E-state index in [0.29, 0.717) is 0 Å². The highest BCUT2D eigenvalue weighted by molar-refractivity contribution is 8.07. The van der Waals surface area contributed by atoms with Crippen LogP contribution in [0.5, 0.6) is 0 Å². The minimum Gasteiger partial charge on any atom is -0.394 e. The summed E-state index contributed by atoms with van der Waals surface area (Å²) in [5.74, 6) is 1.90. The maximum absolute atomic E-state index is 15.9. The lowest BCUT2D eigenvalue weighted by molar-refractivity contribution is -0.119. The quantitative estimate of drug-likeness (QED) is 0.0744. The molecule has 2 saturated heterocycles. The molecule has 0 saturated carbocycles. The van der Waals surface area contributed by atoms with Gasteiger partial charge in [-0.25, -0.2) is 24.3 Å². The van der Waals surface area contributed by atoms with Gasteiger partial charge in [0.1, 0.15) is 24.1 Å². The van der Waals surface area contributed by atoms with Gasteiger partial charge in [0.2, 0.25) is 11.7 Å². The minimum absolute atomic E-state index is 0.0167. The Morgan fingerprint density at radius 3 is 2.66 bits per heavy atom. The molecule has 2 fully saturated rings. The number of nitrogens with zero attached hydrogens (tertiary/aromatic N) is 7. The second kappa shape index (κ2) is 10.5. The van der Waals surface area contributed by atoms with E-state index in [-0.39, 0.29) is 34.1 Å². The van der Waals surface area contributed by atoms with Gasteiger partial charge in [-0.3, -0.25) is 23.4 Å². The summed E-state index contributed by atoms with van der Waals surface area (Å²) in [4.78, 5) is 45.7. The number of fused-ring (bicyclic) bond motifs is 2. The zero-order valence-corrected chi connectivity index (χ0v) is 23.9. The van der Waals surface area contributed by atoms with Crippen LogP contribution in [0.15, 0.2) is 23.8 Å². The van der Waals surface area contributed by atoms with Crippen molar-refractivity contribution in [3.05, 3.63) is 29.3 Å². The number of rotatable bonds is 8. The number of ether oxygens (including phenoxy) is 2. The Labute approximate surface area is 249 Å². The Morgan fingerprint density at radius 2 is 1.95 bits per heavy atom. The molecule has 6 heterocycles. The number of nitrogens with two attached hydrogens (primary N) is 2. The summed E-state index contributed by atoms with van der Waals surface area (Å²) in [6, 6.07) is 0. The van der Waals surface area contributed by atoms with Crippen LogP contribution in [0.2, 0.25) is 0 Å². The molecule has 234 valence electrons. The highest BCUT2D eigenvalue weighted by atomic mass is 32.5. The number of aliphatic hydroxyl groups excluding tert-OH is 2. The topological polar surface area (TPSA) is 277 Å². The maximum Gasteiger partial charge on any atom is 0.327 e. The number of hydrogen-bond donors (Lipinski definition) is 7. The third kappa shape index (κ3) is 4.47. The first-order valence-electron chi connectivity index (χ1n) is 12.5. The highest BCUT2D eigenvalue weighted by Crippen LogP contribution is 2.54. The molecular weight excluding hydrogens is 630 g/mol. The normalized spacial score (nSPS) is 31.9. The second-order valence-corrected chi connectivity index (χ2v) is 12.8. The summed E-state index contributed by atoms with van der Waals surface area (Å²) in [5, 5.41) is 32.4. The van der Waals surface area contributed by atoms with Gasteiger partial charge >= 0.3 is 6.72 Å². The van der Waals surface area contributed by atoms with E-state index in [1.807, 2.05) is 0 Å². The lowest BCUT2D eigenvalue weighted by Crippen LogP contribution is -2.53. The molecule has 19 nitrogen and oxygen atoms in total. The monoisotopic (exact) mass is 654 g/mol. The first-order valence-corrected chi connectivity index (χ1v) is 15.1. The predicted molar refractivity (Wildman–Crippen MR) is 149 cm³/mol. The third-order valence-electron chi connectivity index (χ3n) is 7.44. The largest absolute Gasteiger partial charge is 0.394 e. The molecule has 0 aliphatic carbocycles. The van der Waals surface area contributed by atoms with Gasteiger partial charge in [-0.15, -0.1) is 6.42 Å². The number of alkyl halides is 1. The zero-order valence-electron chi connectivity index (χ0n) is 22.2. The predicted octanol–water partition coefficient (Wildman–Crippen LogP) is -2.84. The summed E-state index contributed by atoms with van der Waals surface area (Å²) in [6.45, 7) is -7.50. The molecular formula is C22H24FN10O9PS. The molecule has 4 aromatic heterocycles. The molecule has 2 aliphatic heterocycles. The van der Waals surface area contributed by atoms with E-state index in [9.17, 15) is 25.0 Å². The molecule has 2 aliphatic rings. The van der Waals surface area contributed by atoms with E-state index < -0.39 is 74.1 Å². The summed E-state index contributed by atoms with van der Waals surface area (Å²) >= 11 is 5.19. The molecule has 0 radical (unpaired) electrons. The number of aromatic amines is 1. The average molecular weight is 655 g/mol. The third-order valence-corrected chi connectivity index (χ3v) is 8.98. The Bertz CT molecular complexity index is 1920. The van der Waals surface area contributed by atoms with Crippen molar-refractivity contribution in [3.63, 3.8) is 0 Å². The summed E-state index contributed by atoms with van der Waals surface area (Å²) in [5.41, 5.74) is 3.69. The van der Waals surface area contributed by atoms with Crippen molar-refractivity contribution in [2.24, 2.45) is 0 Å². The first kappa shape index (κ1) is 30.4. The second-order valence-electron chi connectivity index (χ2n) is 10.00. The van der Waals surface area contributed by atoms with Gasteiger partial charge < -0.3 is 45.7 Å². The number of halogens is 1. The first-order chi connectivity index (χ1) is 20.8. The van der Waals surface area contributed by atoms with Gasteiger partial charge in [0, 0.05) is 0 Å². The van der Waals surface area contributed by atoms with Crippen LogP contribution in [0.1, 0.15) is 0 Å². The van der Waals surface area contributed by atoms with Crippen molar-refractivity contribution in [3.8, 4) is 12.3 Å². The van der Waals surface area contributed by atoms with E-state index in [0.717, 1.165) is 28.1 Å². The van der Waals surface area contributed by atoms with Crippen molar-refractivity contribution in [2.45, 2.75) is 35.4 Å². The van der Waals surface area contributed by atoms with Crippen molar-refractivity contribution in [1.29, 1.82) is 0 Å². The molecule has 0 bridgehead atoms. The van der Waals surface area contributed by atoms with Crippen LogP contribution in [-0.2, 0) is 41.8 Å². The molecule has 1 unspecified atom stereocenters. The molecule has 0 spiro atoms. The van der Waals surface area contributed by atoms with Gasteiger partial charge in [0.25, 0.3) is 5.56 Å². The molecule has 4 aromatic rings. The Balaban J connectivity index is 1.31. The summed E-state index contributed by atoms with van der Waals surface area (Å²) in [7, 11) is 0. The minimum atomic E-state index is -4.59.